The molecule has 2 N–H and O–H groups in total. The van der Waals surface area contributed by atoms with Crippen molar-refractivity contribution in [1.29, 1.82) is 0 Å². The zero-order chi connectivity index (χ0) is 25.3. The summed E-state index contributed by atoms with van der Waals surface area (Å²) < 4.78 is 12.5. The van der Waals surface area contributed by atoms with Crippen LogP contribution in [0.25, 0.3) is 10.9 Å². The molecule has 1 aliphatic rings. The number of nitrogens with zero attached hydrogens (tertiary/aromatic N) is 1. The van der Waals surface area contributed by atoms with Gasteiger partial charge in [0.1, 0.15) is 6.10 Å². The van der Waals surface area contributed by atoms with Crippen LogP contribution in [0.2, 0.25) is 11.6 Å². The Labute approximate surface area is 206 Å². The molecule has 1 fully saturated rings. The number of hydrogen-bond acceptors (Lipinski definition) is 4. The van der Waals surface area contributed by atoms with E-state index in [4.69, 9.17) is 19.9 Å². The van der Waals surface area contributed by atoms with Gasteiger partial charge in [-0.05, 0) is 72.4 Å². The highest BCUT2D eigenvalue weighted by Crippen LogP contribution is 2.39. The lowest BCUT2D eigenvalue weighted by molar-refractivity contribution is 0.0854. The third kappa shape index (κ3) is 6.00. The molecule has 1 saturated carbocycles. The molecule has 188 valence electrons. The predicted molar refractivity (Wildman–Crippen MR) is 143 cm³/mol. The molecule has 0 bridgehead atoms. The van der Waals surface area contributed by atoms with Crippen molar-refractivity contribution in [3.05, 3.63) is 35.9 Å². The summed E-state index contributed by atoms with van der Waals surface area (Å²) in [6, 6.07) is 10.4. The average Bonchev–Trinajstić information content (AvgIpc) is 2.75. The van der Waals surface area contributed by atoms with Gasteiger partial charge in [-0.15, -0.1) is 0 Å². The minimum absolute atomic E-state index is 0.145. The number of aromatic nitrogens is 1. The van der Waals surface area contributed by atoms with Crippen molar-refractivity contribution in [1.82, 2.24) is 4.98 Å². The van der Waals surface area contributed by atoms with Crippen molar-refractivity contribution < 1.29 is 14.0 Å². The fourth-order valence-corrected chi connectivity index (χ4v) is 6.66. The lowest BCUT2D eigenvalue weighted by Gasteiger charge is -2.36. The number of primary amides is 1. The topological polar surface area (TPSA) is 74.4 Å². The fraction of sp³-hybridized carbons (Fsp3) is 0.643. The van der Waals surface area contributed by atoms with Crippen LogP contribution in [-0.2, 0) is 4.43 Å². The van der Waals surface area contributed by atoms with E-state index in [0.717, 1.165) is 29.7 Å². The zero-order valence-corrected chi connectivity index (χ0v) is 23.4. The molecular weight excluding hydrogens is 440 g/mol. The number of hydrogen-bond donors (Lipinski definition) is 1. The first kappa shape index (κ1) is 26.7. The standard InChI is InChI=1S/C28H44N2O3Si/c1-19(18-32-34(8,26(29)31)28(5,6)7)20-9-15-24-21(17-20)10-16-25(30-24)33-23-13-11-22(12-14-23)27(2,3)4/h9-10,15-17,19,22-23H,11-14,18H2,1-8H3,(H2,29,31)/t19?,22?,23?,34-/m0/s1. The van der Waals surface area contributed by atoms with Crippen molar-refractivity contribution in [2.24, 2.45) is 17.1 Å². The molecule has 0 spiro atoms. The van der Waals surface area contributed by atoms with Gasteiger partial charge in [-0.2, -0.15) is 0 Å². The summed E-state index contributed by atoms with van der Waals surface area (Å²) in [4.78, 5) is 16.9. The number of pyridine rings is 1. The molecule has 1 unspecified atom stereocenters. The van der Waals surface area contributed by atoms with E-state index < -0.39 is 8.32 Å². The second-order valence-electron chi connectivity index (χ2n) is 12.4. The molecule has 1 aliphatic carbocycles. The molecule has 5 nitrogen and oxygen atoms in total. The number of rotatable bonds is 7. The highest BCUT2D eigenvalue weighted by molar-refractivity contribution is 7.02. The van der Waals surface area contributed by atoms with Crippen LogP contribution in [0.4, 0.5) is 4.79 Å². The third-order valence-corrected chi connectivity index (χ3v) is 12.5. The van der Waals surface area contributed by atoms with Gasteiger partial charge in [0.05, 0.1) is 5.52 Å². The summed E-state index contributed by atoms with van der Waals surface area (Å²) in [6.45, 7) is 17.6. The van der Waals surface area contributed by atoms with Gasteiger partial charge in [-0.1, -0.05) is 54.5 Å². The van der Waals surface area contributed by atoms with Crippen LogP contribution in [0.15, 0.2) is 30.3 Å². The summed E-state index contributed by atoms with van der Waals surface area (Å²) >= 11 is 0. The van der Waals surface area contributed by atoms with Gasteiger partial charge < -0.3 is 14.9 Å². The summed E-state index contributed by atoms with van der Waals surface area (Å²) in [5, 5.41) is 0.827. The maximum Gasteiger partial charge on any atom is 0.294 e. The Kier molecular flexibility index (Phi) is 7.83. The second-order valence-corrected chi connectivity index (χ2v) is 16.8. The Morgan fingerprint density at radius 2 is 1.74 bits per heavy atom. The van der Waals surface area contributed by atoms with E-state index in [1.54, 1.807) is 0 Å². The number of carbonyl (C=O) groups is 1. The Morgan fingerprint density at radius 1 is 1.09 bits per heavy atom. The minimum atomic E-state index is -2.71. The molecule has 2 aromatic rings. The first-order chi connectivity index (χ1) is 15.7. The van der Waals surface area contributed by atoms with Crippen molar-refractivity contribution in [3.63, 3.8) is 0 Å². The number of ether oxygens (including phenoxy) is 1. The molecule has 3 rings (SSSR count). The van der Waals surface area contributed by atoms with E-state index in [1.807, 2.05) is 33.4 Å². The van der Waals surface area contributed by atoms with Crippen molar-refractivity contribution in [2.45, 2.75) is 97.8 Å². The van der Waals surface area contributed by atoms with Gasteiger partial charge in [0, 0.05) is 24.0 Å². The summed E-state index contributed by atoms with van der Waals surface area (Å²) in [5.74, 6) is 1.63. The van der Waals surface area contributed by atoms with Crippen LogP contribution >= 0.6 is 0 Å². The molecule has 6 heteroatoms. The maximum absolute atomic E-state index is 12.2. The quantitative estimate of drug-likeness (QED) is 0.416. The molecule has 0 aliphatic heterocycles. The van der Waals surface area contributed by atoms with Gasteiger partial charge in [-0.3, -0.25) is 4.79 Å². The highest BCUT2D eigenvalue weighted by atomic mass is 28.4. The normalized spacial score (nSPS) is 22.2. The lowest BCUT2D eigenvalue weighted by atomic mass is 9.72. The SMILES string of the molecule is CC(CO[Si@@](C)(C(N)=O)C(C)(C)C)c1ccc2nc(OC3CCC(C(C)(C)C)CC3)ccc2c1. The molecule has 34 heavy (non-hydrogen) atoms. The number of carbonyl (C=O) groups excluding carboxylic acids is 1. The van der Waals surface area contributed by atoms with Gasteiger partial charge in [0.25, 0.3) is 8.32 Å². The first-order valence-electron chi connectivity index (χ1n) is 12.7. The predicted octanol–water partition coefficient (Wildman–Crippen LogP) is 7.37. The number of fused-ring (bicyclic) bond motifs is 1. The van der Waals surface area contributed by atoms with E-state index >= 15 is 0 Å². The summed E-state index contributed by atoms with van der Waals surface area (Å²) in [6.07, 6.45) is 4.89. The number of amides is 1. The van der Waals surface area contributed by atoms with E-state index in [2.05, 4.69) is 52.0 Å². The molecule has 2 atom stereocenters. The Bertz CT molecular complexity index is 1000. The molecule has 1 amide bonds. The van der Waals surface area contributed by atoms with Crippen LogP contribution in [0.1, 0.15) is 85.6 Å². The van der Waals surface area contributed by atoms with Crippen LogP contribution in [-0.4, -0.2) is 31.5 Å². The monoisotopic (exact) mass is 484 g/mol. The lowest BCUT2D eigenvalue weighted by Crippen LogP contribution is -2.55. The Morgan fingerprint density at radius 3 is 2.29 bits per heavy atom. The third-order valence-electron chi connectivity index (χ3n) is 7.97. The Balaban J connectivity index is 1.64. The van der Waals surface area contributed by atoms with Crippen LogP contribution in [0, 0.1) is 11.3 Å². The molecular formula is C28H44N2O3Si. The van der Waals surface area contributed by atoms with Crippen molar-refractivity contribution in [2.75, 3.05) is 6.61 Å². The van der Waals surface area contributed by atoms with E-state index in [-0.39, 0.29) is 22.6 Å². The number of nitrogens with two attached hydrogens (primary N) is 1. The van der Waals surface area contributed by atoms with Crippen LogP contribution < -0.4 is 10.5 Å². The summed E-state index contributed by atoms with van der Waals surface area (Å²) in [7, 11) is -2.71. The largest absolute Gasteiger partial charge is 0.474 e. The zero-order valence-electron chi connectivity index (χ0n) is 22.4. The van der Waals surface area contributed by atoms with E-state index in [9.17, 15) is 4.79 Å². The molecule has 1 aromatic heterocycles. The fourth-order valence-electron chi connectivity index (χ4n) is 4.76. The average molecular weight is 485 g/mol. The second kappa shape index (κ2) is 9.98. The molecule has 0 saturated heterocycles. The summed E-state index contributed by atoms with van der Waals surface area (Å²) in [5.41, 5.74) is 7.92. The minimum Gasteiger partial charge on any atom is -0.474 e. The van der Waals surface area contributed by atoms with Crippen LogP contribution in [0.3, 0.4) is 0 Å². The van der Waals surface area contributed by atoms with Crippen molar-refractivity contribution in [3.8, 4) is 5.88 Å². The number of benzene rings is 1. The first-order valence-corrected chi connectivity index (χ1v) is 15.1. The molecule has 1 heterocycles. The molecule has 0 radical (unpaired) electrons. The van der Waals surface area contributed by atoms with Gasteiger partial charge in [0.15, 0.2) is 0 Å². The van der Waals surface area contributed by atoms with Gasteiger partial charge in [-0.25, -0.2) is 4.98 Å². The highest BCUT2D eigenvalue weighted by Gasteiger charge is 2.48. The van der Waals surface area contributed by atoms with Crippen molar-refractivity contribution >= 4 is 24.8 Å². The smallest absolute Gasteiger partial charge is 0.294 e. The molecule has 1 aromatic carbocycles. The van der Waals surface area contributed by atoms with Crippen LogP contribution in [0.5, 0.6) is 5.88 Å². The van der Waals surface area contributed by atoms with Gasteiger partial charge in [0.2, 0.25) is 11.4 Å². The van der Waals surface area contributed by atoms with Gasteiger partial charge >= 0.3 is 0 Å². The maximum atomic E-state index is 12.2. The van der Waals surface area contributed by atoms with E-state index in [0.29, 0.717) is 17.9 Å². The Hall–Kier alpha value is -1.92. The van der Waals surface area contributed by atoms with E-state index in [1.165, 1.54) is 18.4 Å².